The molecule has 0 atom stereocenters. The van der Waals surface area contributed by atoms with Crippen LogP contribution in [0.25, 0.3) is 0 Å². The third kappa shape index (κ3) is 4.53. The number of nitrogens with one attached hydrogen (secondary N) is 2. The van der Waals surface area contributed by atoms with Crippen molar-refractivity contribution in [3.05, 3.63) is 29.7 Å². The van der Waals surface area contributed by atoms with E-state index in [0.717, 1.165) is 0 Å². The molecular formula is C18H24N4O4. The first-order valence-corrected chi connectivity index (χ1v) is 8.11. The normalized spacial score (nSPS) is 10.4. The van der Waals surface area contributed by atoms with Crippen molar-refractivity contribution < 1.29 is 19.0 Å². The number of aromatic nitrogens is 2. The van der Waals surface area contributed by atoms with Gasteiger partial charge in [-0.25, -0.2) is 9.97 Å². The number of amides is 1. The maximum absolute atomic E-state index is 12.6. The maximum Gasteiger partial charge on any atom is 0.274 e. The lowest BCUT2D eigenvalue weighted by atomic mass is 10.2. The molecule has 0 spiro atoms. The minimum atomic E-state index is -0.364. The van der Waals surface area contributed by atoms with Crippen LogP contribution in [0.2, 0.25) is 0 Å². The first-order chi connectivity index (χ1) is 12.4. The van der Waals surface area contributed by atoms with E-state index in [1.807, 2.05) is 13.8 Å². The van der Waals surface area contributed by atoms with E-state index in [1.54, 1.807) is 25.1 Å². The molecule has 2 rings (SSSR count). The Hall–Kier alpha value is -3.03. The summed E-state index contributed by atoms with van der Waals surface area (Å²) in [5, 5.41) is 5.96. The number of carbonyl (C=O) groups is 1. The van der Waals surface area contributed by atoms with Gasteiger partial charge in [0.1, 0.15) is 17.3 Å². The Morgan fingerprint density at radius 1 is 1.00 bits per heavy atom. The summed E-state index contributed by atoms with van der Waals surface area (Å²) < 4.78 is 15.9. The van der Waals surface area contributed by atoms with Crippen LogP contribution < -0.4 is 24.8 Å². The standard InChI is InChI=1S/C18H24N4O4/c1-10(2)19-16-9-13(20-11(3)21-16)18(23)22-12-7-14(24-4)17(26-6)15(8-12)25-5/h7-10H,1-6H3,(H,22,23)(H,19,20,21). The van der Waals surface area contributed by atoms with Crippen LogP contribution in [-0.4, -0.2) is 43.2 Å². The highest BCUT2D eigenvalue weighted by Gasteiger charge is 2.16. The molecule has 0 saturated carbocycles. The van der Waals surface area contributed by atoms with Crippen LogP contribution in [0.4, 0.5) is 11.5 Å². The van der Waals surface area contributed by atoms with Crippen LogP contribution in [-0.2, 0) is 0 Å². The van der Waals surface area contributed by atoms with Gasteiger partial charge in [0.05, 0.1) is 21.3 Å². The summed E-state index contributed by atoms with van der Waals surface area (Å²) >= 11 is 0. The molecule has 0 bridgehead atoms. The van der Waals surface area contributed by atoms with Crippen LogP contribution >= 0.6 is 0 Å². The number of rotatable bonds is 7. The highest BCUT2D eigenvalue weighted by Crippen LogP contribution is 2.40. The molecule has 0 unspecified atom stereocenters. The van der Waals surface area contributed by atoms with Crippen LogP contribution in [0.3, 0.4) is 0 Å². The zero-order valence-electron chi connectivity index (χ0n) is 15.8. The van der Waals surface area contributed by atoms with Crippen molar-refractivity contribution in [1.82, 2.24) is 9.97 Å². The molecule has 0 aliphatic heterocycles. The number of nitrogens with zero attached hydrogens (tertiary/aromatic N) is 2. The Morgan fingerprint density at radius 3 is 2.12 bits per heavy atom. The smallest absolute Gasteiger partial charge is 0.274 e. The zero-order chi connectivity index (χ0) is 19.3. The molecule has 1 aromatic heterocycles. The Bertz CT molecular complexity index is 768. The minimum absolute atomic E-state index is 0.190. The predicted molar refractivity (Wildman–Crippen MR) is 99.6 cm³/mol. The Balaban J connectivity index is 2.31. The van der Waals surface area contributed by atoms with Gasteiger partial charge in [0.25, 0.3) is 5.91 Å². The van der Waals surface area contributed by atoms with E-state index in [1.165, 1.54) is 21.3 Å². The minimum Gasteiger partial charge on any atom is -0.493 e. The van der Waals surface area contributed by atoms with E-state index in [-0.39, 0.29) is 17.6 Å². The number of anilines is 2. The van der Waals surface area contributed by atoms with Crippen molar-refractivity contribution in [3.63, 3.8) is 0 Å². The SMILES string of the molecule is COc1cc(NC(=O)c2cc(NC(C)C)nc(C)n2)cc(OC)c1OC. The quantitative estimate of drug-likeness (QED) is 0.784. The maximum atomic E-state index is 12.6. The lowest BCUT2D eigenvalue weighted by molar-refractivity contribution is 0.102. The summed E-state index contributed by atoms with van der Waals surface area (Å²) in [6.07, 6.45) is 0. The van der Waals surface area contributed by atoms with Crippen molar-refractivity contribution in [2.24, 2.45) is 0 Å². The molecule has 2 N–H and O–H groups in total. The van der Waals surface area contributed by atoms with Gasteiger partial charge < -0.3 is 24.8 Å². The fraction of sp³-hybridized carbons (Fsp3) is 0.389. The largest absolute Gasteiger partial charge is 0.493 e. The molecule has 0 radical (unpaired) electrons. The molecule has 1 amide bonds. The second-order valence-corrected chi connectivity index (χ2v) is 5.85. The summed E-state index contributed by atoms with van der Waals surface area (Å²) in [6.45, 7) is 5.72. The number of hydrogen-bond acceptors (Lipinski definition) is 7. The van der Waals surface area contributed by atoms with E-state index in [0.29, 0.717) is 34.6 Å². The monoisotopic (exact) mass is 360 g/mol. The third-order valence-electron chi connectivity index (χ3n) is 3.43. The molecule has 0 fully saturated rings. The van der Waals surface area contributed by atoms with Crippen molar-refractivity contribution in [1.29, 1.82) is 0 Å². The van der Waals surface area contributed by atoms with Gasteiger partial charge in [-0.05, 0) is 20.8 Å². The first kappa shape index (κ1) is 19.3. The molecule has 0 aliphatic rings. The molecule has 1 heterocycles. The van der Waals surface area contributed by atoms with Crippen molar-refractivity contribution in [3.8, 4) is 17.2 Å². The number of carbonyl (C=O) groups excluding carboxylic acids is 1. The molecule has 140 valence electrons. The third-order valence-corrected chi connectivity index (χ3v) is 3.43. The van der Waals surface area contributed by atoms with Gasteiger partial charge in [-0.3, -0.25) is 4.79 Å². The summed E-state index contributed by atoms with van der Waals surface area (Å²) in [7, 11) is 4.55. The van der Waals surface area contributed by atoms with Gasteiger partial charge >= 0.3 is 0 Å². The molecule has 0 aliphatic carbocycles. The van der Waals surface area contributed by atoms with Gasteiger partial charge in [0.15, 0.2) is 11.5 Å². The van der Waals surface area contributed by atoms with Crippen LogP contribution in [0.15, 0.2) is 18.2 Å². The second kappa shape index (κ2) is 8.37. The lowest BCUT2D eigenvalue weighted by Gasteiger charge is -2.15. The average molecular weight is 360 g/mol. The summed E-state index contributed by atoms with van der Waals surface area (Å²) in [6, 6.07) is 5.11. The molecule has 2 aromatic rings. The number of methoxy groups -OCH3 is 3. The number of hydrogen-bond donors (Lipinski definition) is 2. The Morgan fingerprint density at radius 2 is 1.62 bits per heavy atom. The number of benzene rings is 1. The fourth-order valence-corrected chi connectivity index (χ4v) is 2.40. The van der Waals surface area contributed by atoms with Crippen molar-refractivity contribution in [2.75, 3.05) is 32.0 Å². The van der Waals surface area contributed by atoms with Crippen LogP contribution in [0.5, 0.6) is 17.2 Å². The second-order valence-electron chi connectivity index (χ2n) is 5.85. The Kier molecular flexibility index (Phi) is 6.21. The van der Waals surface area contributed by atoms with Gasteiger partial charge in [0.2, 0.25) is 5.75 Å². The molecule has 8 nitrogen and oxygen atoms in total. The number of ether oxygens (including phenoxy) is 3. The van der Waals surface area contributed by atoms with E-state index in [2.05, 4.69) is 20.6 Å². The number of aryl methyl sites for hydroxylation is 1. The predicted octanol–water partition coefficient (Wildman–Crippen LogP) is 2.88. The molecular weight excluding hydrogens is 336 g/mol. The van der Waals surface area contributed by atoms with Crippen LogP contribution in [0.1, 0.15) is 30.2 Å². The van der Waals surface area contributed by atoms with E-state index in [9.17, 15) is 4.79 Å². The first-order valence-electron chi connectivity index (χ1n) is 8.11. The van der Waals surface area contributed by atoms with E-state index >= 15 is 0 Å². The van der Waals surface area contributed by atoms with Gasteiger partial charge in [-0.1, -0.05) is 0 Å². The van der Waals surface area contributed by atoms with Gasteiger partial charge in [-0.2, -0.15) is 0 Å². The van der Waals surface area contributed by atoms with Crippen molar-refractivity contribution in [2.45, 2.75) is 26.8 Å². The average Bonchev–Trinajstić information content (AvgIpc) is 2.59. The Labute approximate surface area is 152 Å². The molecule has 1 aromatic carbocycles. The van der Waals surface area contributed by atoms with Crippen LogP contribution in [0, 0.1) is 6.92 Å². The summed E-state index contributed by atoms with van der Waals surface area (Å²) in [5.41, 5.74) is 0.758. The lowest BCUT2D eigenvalue weighted by Crippen LogP contribution is -2.17. The summed E-state index contributed by atoms with van der Waals surface area (Å²) in [5.74, 6) is 2.09. The fourth-order valence-electron chi connectivity index (χ4n) is 2.40. The topological polar surface area (TPSA) is 94.6 Å². The molecule has 8 heteroatoms. The van der Waals surface area contributed by atoms with Crippen molar-refractivity contribution >= 4 is 17.4 Å². The highest BCUT2D eigenvalue weighted by atomic mass is 16.5. The van der Waals surface area contributed by atoms with Gasteiger partial charge in [0, 0.05) is 29.9 Å². The highest BCUT2D eigenvalue weighted by molar-refractivity contribution is 6.03. The molecule has 0 saturated heterocycles. The summed E-state index contributed by atoms with van der Waals surface area (Å²) in [4.78, 5) is 21.1. The van der Waals surface area contributed by atoms with Gasteiger partial charge in [-0.15, -0.1) is 0 Å². The van der Waals surface area contributed by atoms with E-state index in [4.69, 9.17) is 14.2 Å². The van der Waals surface area contributed by atoms with E-state index < -0.39 is 0 Å². The molecule has 26 heavy (non-hydrogen) atoms. The zero-order valence-corrected chi connectivity index (χ0v) is 15.8.